The van der Waals surface area contributed by atoms with Crippen LogP contribution in [-0.4, -0.2) is 35.8 Å². The van der Waals surface area contributed by atoms with Crippen LogP contribution in [0.2, 0.25) is 0 Å². The van der Waals surface area contributed by atoms with Crippen molar-refractivity contribution in [3.05, 3.63) is 40.2 Å². The molecule has 2 aromatic rings. The lowest BCUT2D eigenvalue weighted by Crippen LogP contribution is -2.45. The normalized spacial score (nSPS) is 19.0. The Labute approximate surface area is 180 Å². The van der Waals surface area contributed by atoms with Gasteiger partial charge in [-0.25, -0.2) is 0 Å². The van der Waals surface area contributed by atoms with E-state index in [-0.39, 0.29) is 24.4 Å². The zero-order valence-electron chi connectivity index (χ0n) is 16.9. The number of amides is 2. The molecule has 158 valence electrons. The average Bonchev–Trinajstić information content (AvgIpc) is 3.44. The molecule has 3 heterocycles. The fourth-order valence-electron chi connectivity index (χ4n) is 4.32. The first-order valence-corrected chi connectivity index (χ1v) is 11.4. The van der Waals surface area contributed by atoms with E-state index in [1.165, 1.54) is 22.6 Å². The van der Waals surface area contributed by atoms with E-state index in [1.807, 2.05) is 11.0 Å². The largest absolute Gasteiger partial charge is 0.467 e. The Kier molecular flexibility index (Phi) is 6.50. The predicted molar refractivity (Wildman–Crippen MR) is 114 cm³/mol. The highest BCUT2D eigenvalue weighted by Crippen LogP contribution is 2.37. The van der Waals surface area contributed by atoms with Gasteiger partial charge in [0.15, 0.2) is 0 Å². The van der Waals surface area contributed by atoms with Gasteiger partial charge >= 0.3 is 0 Å². The van der Waals surface area contributed by atoms with Crippen LogP contribution >= 0.6 is 11.3 Å². The summed E-state index contributed by atoms with van der Waals surface area (Å²) in [5.74, 6) is 0.443. The first kappa shape index (κ1) is 20.6. The maximum atomic E-state index is 12.7. The molecule has 30 heavy (non-hydrogen) atoms. The Bertz CT molecular complexity index is 944. The number of nitriles is 1. The molecule has 1 unspecified atom stereocenters. The van der Waals surface area contributed by atoms with Crippen LogP contribution in [0.4, 0.5) is 5.00 Å². The number of aryl methyl sites for hydroxylation is 1. The standard InChI is InChI=1S/C22H26N4O3S/c23-12-17-16-7-2-1-3-9-19(16)30-22(17)25-20(27)14-26-10-4-8-18(26)21(28)24-13-15-6-5-11-29-15/h5-6,11,18H,1-4,7-10,13-14H2,(H,24,28)(H,25,27). The highest BCUT2D eigenvalue weighted by Gasteiger charge is 2.32. The molecular formula is C22H26N4O3S. The van der Waals surface area contributed by atoms with E-state index in [9.17, 15) is 14.9 Å². The summed E-state index contributed by atoms with van der Waals surface area (Å²) in [6, 6.07) is 5.58. The van der Waals surface area contributed by atoms with E-state index in [0.717, 1.165) is 44.1 Å². The Balaban J connectivity index is 1.36. The van der Waals surface area contributed by atoms with Crippen LogP contribution in [0.25, 0.3) is 0 Å². The van der Waals surface area contributed by atoms with Gasteiger partial charge in [-0.2, -0.15) is 5.26 Å². The van der Waals surface area contributed by atoms with Crippen molar-refractivity contribution in [1.82, 2.24) is 10.2 Å². The average molecular weight is 427 g/mol. The second-order valence-electron chi connectivity index (χ2n) is 7.85. The van der Waals surface area contributed by atoms with Crippen molar-refractivity contribution in [2.24, 2.45) is 0 Å². The lowest BCUT2D eigenvalue weighted by Gasteiger charge is -2.22. The van der Waals surface area contributed by atoms with Crippen molar-refractivity contribution >= 4 is 28.2 Å². The molecule has 1 saturated heterocycles. The fraction of sp³-hybridized carbons (Fsp3) is 0.500. The van der Waals surface area contributed by atoms with Crippen molar-refractivity contribution in [1.29, 1.82) is 5.26 Å². The van der Waals surface area contributed by atoms with Crippen LogP contribution in [0, 0.1) is 11.3 Å². The van der Waals surface area contributed by atoms with Crippen molar-refractivity contribution < 1.29 is 14.0 Å². The zero-order valence-corrected chi connectivity index (χ0v) is 17.7. The van der Waals surface area contributed by atoms with Crippen LogP contribution in [-0.2, 0) is 29.0 Å². The monoisotopic (exact) mass is 426 g/mol. The van der Waals surface area contributed by atoms with E-state index < -0.39 is 0 Å². The lowest BCUT2D eigenvalue weighted by molar-refractivity contribution is -0.126. The molecule has 0 radical (unpaired) electrons. The number of nitrogens with zero attached hydrogens (tertiary/aromatic N) is 2. The summed E-state index contributed by atoms with van der Waals surface area (Å²) < 4.78 is 5.25. The summed E-state index contributed by atoms with van der Waals surface area (Å²) in [6.07, 6.45) is 8.49. The number of likely N-dealkylation sites (tertiary alicyclic amines) is 1. The van der Waals surface area contributed by atoms with E-state index in [4.69, 9.17) is 4.42 Å². The molecule has 0 saturated carbocycles. The maximum absolute atomic E-state index is 12.7. The zero-order chi connectivity index (χ0) is 20.9. The fourth-order valence-corrected chi connectivity index (χ4v) is 5.57. The molecule has 2 aliphatic rings. The van der Waals surface area contributed by atoms with Crippen molar-refractivity contribution in [3.63, 3.8) is 0 Å². The number of carbonyl (C=O) groups excluding carboxylic acids is 2. The highest BCUT2D eigenvalue weighted by atomic mass is 32.1. The minimum absolute atomic E-state index is 0.0859. The summed E-state index contributed by atoms with van der Waals surface area (Å²) in [6.45, 7) is 1.19. The first-order chi connectivity index (χ1) is 14.7. The Morgan fingerprint density at radius 3 is 2.93 bits per heavy atom. The van der Waals surface area contributed by atoms with Gasteiger partial charge in [0.05, 0.1) is 31.0 Å². The van der Waals surface area contributed by atoms with Crippen LogP contribution in [0.5, 0.6) is 0 Å². The number of nitrogens with one attached hydrogen (secondary N) is 2. The molecule has 7 nitrogen and oxygen atoms in total. The highest BCUT2D eigenvalue weighted by molar-refractivity contribution is 7.16. The summed E-state index contributed by atoms with van der Waals surface area (Å²) >= 11 is 1.54. The van der Waals surface area contributed by atoms with Gasteiger partial charge in [-0.3, -0.25) is 14.5 Å². The van der Waals surface area contributed by atoms with Gasteiger partial charge in [0, 0.05) is 4.88 Å². The quantitative estimate of drug-likeness (QED) is 0.691. The third kappa shape index (κ3) is 4.58. The smallest absolute Gasteiger partial charge is 0.239 e. The summed E-state index contributed by atoms with van der Waals surface area (Å²) in [7, 11) is 0. The Hall–Kier alpha value is -2.63. The van der Waals surface area contributed by atoms with Gasteiger partial charge in [-0.1, -0.05) is 6.42 Å². The van der Waals surface area contributed by atoms with E-state index in [2.05, 4.69) is 16.7 Å². The molecule has 0 bridgehead atoms. The van der Waals surface area contributed by atoms with E-state index in [0.29, 0.717) is 29.4 Å². The van der Waals surface area contributed by atoms with Gasteiger partial charge in [0.1, 0.15) is 16.8 Å². The molecule has 1 atom stereocenters. The predicted octanol–water partition coefficient (Wildman–Crippen LogP) is 3.20. The van der Waals surface area contributed by atoms with E-state index >= 15 is 0 Å². The third-order valence-electron chi connectivity index (χ3n) is 5.82. The number of thiophene rings is 1. The minimum atomic E-state index is -0.318. The topological polar surface area (TPSA) is 98.4 Å². The van der Waals surface area contributed by atoms with Crippen molar-refractivity contribution in [2.45, 2.75) is 57.5 Å². The number of anilines is 1. The van der Waals surface area contributed by atoms with Gasteiger partial charge in [0.2, 0.25) is 11.8 Å². The molecular weight excluding hydrogens is 400 g/mol. The molecule has 1 aliphatic heterocycles. The summed E-state index contributed by atoms with van der Waals surface area (Å²) in [5, 5.41) is 16.1. The molecule has 1 aliphatic carbocycles. The number of fused-ring (bicyclic) bond motifs is 1. The Morgan fingerprint density at radius 2 is 2.13 bits per heavy atom. The number of furan rings is 1. The number of hydrogen-bond acceptors (Lipinski definition) is 6. The van der Waals surface area contributed by atoms with E-state index in [1.54, 1.807) is 12.3 Å². The van der Waals surface area contributed by atoms with Gasteiger partial charge in [-0.15, -0.1) is 11.3 Å². The second kappa shape index (κ2) is 9.45. The molecule has 2 N–H and O–H groups in total. The van der Waals surface area contributed by atoms with Crippen LogP contribution < -0.4 is 10.6 Å². The van der Waals surface area contributed by atoms with Crippen molar-refractivity contribution in [2.75, 3.05) is 18.4 Å². The van der Waals surface area contributed by atoms with Gasteiger partial charge < -0.3 is 15.1 Å². The molecule has 8 heteroatoms. The first-order valence-electron chi connectivity index (χ1n) is 10.5. The van der Waals surface area contributed by atoms with Crippen LogP contribution in [0.15, 0.2) is 22.8 Å². The number of carbonyl (C=O) groups is 2. The SMILES string of the molecule is N#Cc1c(NC(=O)CN2CCCC2C(=O)NCc2ccco2)sc2c1CCCCC2. The Morgan fingerprint density at radius 1 is 1.27 bits per heavy atom. The lowest BCUT2D eigenvalue weighted by atomic mass is 10.1. The number of hydrogen-bond donors (Lipinski definition) is 2. The van der Waals surface area contributed by atoms with Gasteiger partial charge in [0.25, 0.3) is 0 Å². The number of rotatable bonds is 6. The molecule has 1 fully saturated rings. The third-order valence-corrected chi connectivity index (χ3v) is 7.02. The van der Waals surface area contributed by atoms with Gasteiger partial charge in [-0.05, 0) is 62.8 Å². The van der Waals surface area contributed by atoms with Crippen LogP contribution in [0.1, 0.15) is 53.9 Å². The molecule has 4 rings (SSSR count). The summed E-state index contributed by atoms with van der Waals surface area (Å²) in [4.78, 5) is 28.5. The van der Waals surface area contributed by atoms with Crippen LogP contribution in [0.3, 0.4) is 0 Å². The summed E-state index contributed by atoms with van der Waals surface area (Å²) in [5.41, 5.74) is 1.74. The molecule has 2 amide bonds. The molecule has 0 aromatic carbocycles. The minimum Gasteiger partial charge on any atom is -0.467 e. The van der Waals surface area contributed by atoms with Crippen molar-refractivity contribution in [3.8, 4) is 6.07 Å². The maximum Gasteiger partial charge on any atom is 0.239 e. The molecule has 0 spiro atoms. The molecule has 2 aromatic heterocycles. The second-order valence-corrected chi connectivity index (χ2v) is 8.96.